The lowest BCUT2D eigenvalue weighted by molar-refractivity contribution is 0.301. The molecule has 1 aromatic heterocycles. The van der Waals surface area contributed by atoms with Crippen LogP contribution in [0.25, 0.3) is 0 Å². The number of rotatable bonds is 9. The van der Waals surface area contributed by atoms with Crippen LogP contribution >= 0.6 is 11.6 Å². The quantitative estimate of drug-likeness (QED) is 0.525. The molecule has 0 bridgehead atoms. The van der Waals surface area contributed by atoms with Crippen LogP contribution in [0, 0.1) is 0 Å². The molecule has 7 nitrogen and oxygen atoms in total. The first-order chi connectivity index (χ1) is 12.2. The summed E-state index contributed by atoms with van der Waals surface area (Å²) in [5, 5.41) is 10.0. The molecule has 8 heteroatoms. The maximum Gasteiger partial charge on any atom is 0.285 e. The van der Waals surface area contributed by atoms with E-state index in [2.05, 4.69) is 27.6 Å². The zero-order chi connectivity index (χ0) is 18.1. The second-order valence-electron chi connectivity index (χ2n) is 5.19. The van der Waals surface area contributed by atoms with E-state index in [1.807, 2.05) is 25.1 Å². The van der Waals surface area contributed by atoms with Gasteiger partial charge in [0, 0.05) is 11.6 Å². The smallest absolute Gasteiger partial charge is 0.285 e. The van der Waals surface area contributed by atoms with Crippen molar-refractivity contribution in [2.24, 2.45) is 5.10 Å². The van der Waals surface area contributed by atoms with Gasteiger partial charge in [-0.2, -0.15) is 10.2 Å². The van der Waals surface area contributed by atoms with Gasteiger partial charge in [-0.25, -0.2) is 5.10 Å². The summed E-state index contributed by atoms with van der Waals surface area (Å²) in [6, 6.07) is 5.56. The third-order valence-corrected chi connectivity index (χ3v) is 3.48. The Morgan fingerprint density at radius 1 is 1.28 bits per heavy atom. The topological polar surface area (TPSA) is 88.6 Å². The van der Waals surface area contributed by atoms with Crippen LogP contribution in [0.15, 0.2) is 34.3 Å². The molecule has 0 radical (unpaired) electrons. The predicted octanol–water partition coefficient (Wildman–Crippen LogP) is 3.45. The van der Waals surface area contributed by atoms with Gasteiger partial charge in [0.05, 0.1) is 25.6 Å². The van der Waals surface area contributed by atoms with Crippen LogP contribution in [0.1, 0.15) is 32.3 Å². The molecule has 0 saturated carbocycles. The Bertz CT molecular complexity index is 777. The Labute approximate surface area is 151 Å². The standard InChI is InChI=1S/C17H21ClN4O3/c1-3-7-24-13-6-5-12(15(9-13)25-8-4-2)10-19-21-14-11-20-22-17(23)16(14)18/h5-6,9-11H,3-4,7-8H2,1-2H3,(H2,21,22,23)/b19-10-. The van der Waals surface area contributed by atoms with Crippen LogP contribution in [0.3, 0.4) is 0 Å². The molecule has 2 rings (SSSR count). The van der Waals surface area contributed by atoms with E-state index in [0.29, 0.717) is 24.7 Å². The molecule has 0 unspecified atom stereocenters. The van der Waals surface area contributed by atoms with E-state index in [-0.39, 0.29) is 5.02 Å². The monoisotopic (exact) mass is 364 g/mol. The van der Waals surface area contributed by atoms with Crippen molar-refractivity contribution in [3.63, 3.8) is 0 Å². The fourth-order valence-corrected chi connectivity index (χ4v) is 2.03. The third-order valence-electron chi connectivity index (χ3n) is 3.10. The molecular weight excluding hydrogens is 344 g/mol. The molecular formula is C17H21ClN4O3. The van der Waals surface area contributed by atoms with Crippen LogP contribution in [-0.4, -0.2) is 29.6 Å². The first kappa shape index (κ1) is 18.8. The van der Waals surface area contributed by atoms with Gasteiger partial charge in [-0.3, -0.25) is 10.2 Å². The summed E-state index contributed by atoms with van der Waals surface area (Å²) in [4.78, 5) is 11.4. The minimum Gasteiger partial charge on any atom is -0.493 e. The lowest BCUT2D eigenvalue weighted by atomic mass is 10.2. The lowest BCUT2D eigenvalue weighted by Gasteiger charge is -2.11. The molecule has 25 heavy (non-hydrogen) atoms. The molecule has 0 spiro atoms. The van der Waals surface area contributed by atoms with Gasteiger partial charge in [-0.1, -0.05) is 25.4 Å². The molecule has 0 aliphatic heterocycles. The SMILES string of the molecule is CCCOc1ccc(/C=N\Nc2cn[nH]c(=O)c2Cl)c(OCCC)c1. The number of anilines is 1. The second-order valence-corrected chi connectivity index (χ2v) is 5.57. The first-order valence-electron chi connectivity index (χ1n) is 8.07. The van der Waals surface area contributed by atoms with Crippen molar-refractivity contribution in [3.05, 3.63) is 45.3 Å². The van der Waals surface area contributed by atoms with Gasteiger partial charge in [0.1, 0.15) is 22.2 Å². The number of hydrogen-bond acceptors (Lipinski definition) is 6. The number of hydrogen-bond donors (Lipinski definition) is 2. The Morgan fingerprint density at radius 3 is 2.80 bits per heavy atom. The highest BCUT2D eigenvalue weighted by Crippen LogP contribution is 2.24. The van der Waals surface area contributed by atoms with E-state index in [9.17, 15) is 4.79 Å². The molecule has 0 fully saturated rings. The maximum absolute atomic E-state index is 11.4. The Balaban J connectivity index is 2.15. The number of nitrogens with zero attached hydrogens (tertiary/aromatic N) is 2. The summed E-state index contributed by atoms with van der Waals surface area (Å²) in [5.74, 6) is 1.43. The van der Waals surface area contributed by atoms with Gasteiger partial charge in [-0.15, -0.1) is 0 Å². The number of H-pyrrole nitrogens is 1. The number of halogens is 1. The molecule has 2 aromatic rings. The number of hydrazone groups is 1. The van der Waals surface area contributed by atoms with Gasteiger partial charge in [0.15, 0.2) is 0 Å². The first-order valence-corrected chi connectivity index (χ1v) is 8.45. The molecule has 0 amide bonds. The number of ether oxygens (including phenoxy) is 2. The summed E-state index contributed by atoms with van der Waals surface area (Å²) in [6.07, 6.45) is 4.80. The summed E-state index contributed by atoms with van der Waals surface area (Å²) in [7, 11) is 0. The van der Waals surface area contributed by atoms with Gasteiger partial charge in [-0.05, 0) is 25.0 Å². The van der Waals surface area contributed by atoms with E-state index in [4.69, 9.17) is 21.1 Å². The van der Waals surface area contributed by atoms with E-state index >= 15 is 0 Å². The molecule has 0 aliphatic rings. The van der Waals surface area contributed by atoms with Crippen molar-refractivity contribution < 1.29 is 9.47 Å². The van der Waals surface area contributed by atoms with E-state index in [1.54, 1.807) is 6.21 Å². The van der Waals surface area contributed by atoms with Gasteiger partial charge >= 0.3 is 0 Å². The fraction of sp³-hybridized carbons (Fsp3) is 0.353. The zero-order valence-corrected chi connectivity index (χ0v) is 15.0. The number of benzene rings is 1. The molecule has 0 atom stereocenters. The molecule has 0 aliphatic carbocycles. The van der Waals surface area contributed by atoms with Gasteiger partial charge < -0.3 is 9.47 Å². The van der Waals surface area contributed by atoms with E-state index in [1.165, 1.54) is 6.20 Å². The highest BCUT2D eigenvalue weighted by molar-refractivity contribution is 6.32. The summed E-state index contributed by atoms with van der Waals surface area (Å²) in [6.45, 7) is 5.33. The highest BCUT2D eigenvalue weighted by Gasteiger charge is 2.06. The average Bonchev–Trinajstić information content (AvgIpc) is 2.62. The van der Waals surface area contributed by atoms with Crippen molar-refractivity contribution >= 4 is 23.5 Å². The van der Waals surface area contributed by atoms with Crippen molar-refractivity contribution in [2.45, 2.75) is 26.7 Å². The minimum absolute atomic E-state index is 0.00193. The second kappa shape index (κ2) is 9.68. The number of nitrogens with one attached hydrogen (secondary N) is 2. The fourth-order valence-electron chi connectivity index (χ4n) is 1.90. The van der Waals surface area contributed by atoms with E-state index < -0.39 is 5.56 Å². The lowest BCUT2D eigenvalue weighted by Crippen LogP contribution is -2.10. The maximum atomic E-state index is 11.4. The molecule has 0 saturated heterocycles. The largest absolute Gasteiger partial charge is 0.493 e. The van der Waals surface area contributed by atoms with Crippen molar-refractivity contribution in [2.75, 3.05) is 18.6 Å². The third kappa shape index (κ3) is 5.49. The van der Waals surface area contributed by atoms with Crippen molar-refractivity contribution in [3.8, 4) is 11.5 Å². The zero-order valence-electron chi connectivity index (χ0n) is 14.2. The Hall–Kier alpha value is -2.54. The minimum atomic E-state index is -0.480. The van der Waals surface area contributed by atoms with Crippen molar-refractivity contribution in [1.29, 1.82) is 0 Å². The highest BCUT2D eigenvalue weighted by atomic mass is 35.5. The molecule has 134 valence electrons. The summed E-state index contributed by atoms with van der Waals surface area (Å²) >= 11 is 5.88. The van der Waals surface area contributed by atoms with Crippen molar-refractivity contribution in [1.82, 2.24) is 10.2 Å². The molecule has 1 aromatic carbocycles. The summed E-state index contributed by atoms with van der Waals surface area (Å²) in [5.41, 5.74) is 3.32. The van der Waals surface area contributed by atoms with Crippen LogP contribution in [0.4, 0.5) is 5.69 Å². The Kier molecular flexibility index (Phi) is 7.28. The average molecular weight is 365 g/mol. The van der Waals surface area contributed by atoms with E-state index in [0.717, 1.165) is 24.2 Å². The Morgan fingerprint density at radius 2 is 2.04 bits per heavy atom. The molecule has 2 N–H and O–H groups in total. The summed E-state index contributed by atoms with van der Waals surface area (Å²) < 4.78 is 11.4. The number of aromatic nitrogens is 2. The van der Waals surface area contributed by atoms with Gasteiger partial charge in [0.25, 0.3) is 5.56 Å². The molecule has 1 heterocycles. The predicted molar refractivity (Wildman–Crippen MR) is 99.1 cm³/mol. The van der Waals surface area contributed by atoms with Crippen LogP contribution in [0.2, 0.25) is 5.02 Å². The van der Waals surface area contributed by atoms with Crippen LogP contribution in [0.5, 0.6) is 11.5 Å². The number of aromatic amines is 1. The normalized spacial score (nSPS) is 10.8. The van der Waals surface area contributed by atoms with Crippen LogP contribution in [-0.2, 0) is 0 Å². The van der Waals surface area contributed by atoms with Gasteiger partial charge in [0.2, 0.25) is 0 Å². The van der Waals surface area contributed by atoms with Crippen LogP contribution < -0.4 is 20.5 Å².